The second-order valence-electron chi connectivity index (χ2n) is 3.84. The van der Waals surface area contributed by atoms with Crippen molar-refractivity contribution in [3.8, 4) is 5.75 Å². The van der Waals surface area contributed by atoms with E-state index in [-0.39, 0.29) is 5.75 Å². The molecule has 0 bridgehead atoms. The first-order valence-corrected chi connectivity index (χ1v) is 7.39. The van der Waals surface area contributed by atoms with Gasteiger partial charge in [-0.15, -0.1) is 0 Å². The zero-order valence-electron chi connectivity index (χ0n) is 9.47. The molecule has 0 aromatic heterocycles. The fourth-order valence-electron chi connectivity index (χ4n) is 1.60. The third-order valence-electron chi connectivity index (χ3n) is 2.43. The van der Waals surface area contributed by atoms with E-state index >= 15 is 0 Å². The minimum Gasteiger partial charge on any atom is -0.508 e. The van der Waals surface area contributed by atoms with E-state index in [4.69, 9.17) is 5.73 Å². The van der Waals surface area contributed by atoms with Crippen molar-refractivity contribution < 1.29 is 9.32 Å². The van der Waals surface area contributed by atoms with Crippen molar-refractivity contribution in [1.29, 1.82) is 0 Å². The van der Waals surface area contributed by atoms with E-state index in [0.29, 0.717) is 16.3 Å². The summed E-state index contributed by atoms with van der Waals surface area (Å²) in [5, 5.41) is 9.36. The van der Waals surface area contributed by atoms with E-state index in [0.717, 1.165) is 10.0 Å². The topological polar surface area (TPSA) is 63.3 Å². The van der Waals surface area contributed by atoms with Gasteiger partial charge >= 0.3 is 0 Å². The van der Waals surface area contributed by atoms with Crippen molar-refractivity contribution in [2.75, 3.05) is 5.73 Å². The summed E-state index contributed by atoms with van der Waals surface area (Å²) < 4.78 is 13.1. The lowest BCUT2D eigenvalue weighted by atomic mass is 10.2. The van der Waals surface area contributed by atoms with Gasteiger partial charge in [-0.3, -0.25) is 4.21 Å². The molecule has 1 unspecified atom stereocenters. The lowest BCUT2D eigenvalue weighted by molar-refractivity contribution is 0.475. The smallest absolute Gasteiger partial charge is 0.115 e. The van der Waals surface area contributed by atoms with E-state index in [1.807, 2.05) is 12.1 Å². The van der Waals surface area contributed by atoms with Gasteiger partial charge in [-0.05, 0) is 35.9 Å². The van der Waals surface area contributed by atoms with Crippen molar-refractivity contribution in [1.82, 2.24) is 0 Å². The molecule has 3 nitrogen and oxygen atoms in total. The fraction of sp³-hybridized carbons (Fsp3) is 0.0769. The van der Waals surface area contributed by atoms with Crippen molar-refractivity contribution in [2.45, 2.75) is 10.6 Å². The van der Waals surface area contributed by atoms with Gasteiger partial charge in [0.05, 0.1) is 21.4 Å². The Morgan fingerprint density at radius 3 is 2.67 bits per heavy atom. The van der Waals surface area contributed by atoms with Crippen LogP contribution in [0, 0.1) is 0 Å². The van der Waals surface area contributed by atoms with Gasteiger partial charge in [-0.25, -0.2) is 0 Å². The summed E-state index contributed by atoms with van der Waals surface area (Å²) in [5.74, 6) is 0.508. The predicted molar refractivity (Wildman–Crippen MR) is 76.8 cm³/mol. The monoisotopic (exact) mass is 325 g/mol. The molecule has 1 atom stereocenters. The summed E-state index contributed by atoms with van der Waals surface area (Å²) in [6.45, 7) is 0. The normalized spacial score (nSPS) is 12.3. The number of halogens is 1. The zero-order valence-corrected chi connectivity index (χ0v) is 11.9. The van der Waals surface area contributed by atoms with E-state index in [1.165, 1.54) is 0 Å². The highest BCUT2D eigenvalue weighted by atomic mass is 79.9. The third-order valence-corrected chi connectivity index (χ3v) is 4.38. The van der Waals surface area contributed by atoms with Gasteiger partial charge in [0, 0.05) is 10.2 Å². The molecule has 2 aromatic carbocycles. The first-order chi connectivity index (χ1) is 8.56. The standard InChI is InChI=1S/C13H12BrNO2S/c14-10-4-5-13(12(15)7-10)18(17)8-9-2-1-3-11(16)6-9/h1-7,16H,8,15H2. The highest BCUT2D eigenvalue weighted by Crippen LogP contribution is 2.24. The van der Waals surface area contributed by atoms with Crippen molar-refractivity contribution in [3.05, 3.63) is 52.5 Å². The van der Waals surface area contributed by atoms with E-state index in [2.05, 4.69) is 15.9 Å². The van der Waals surface area contributed by atoms with E-state index < -0.39 is 10.8 Å². The number of benzene rings is 2. The highest BCUT2D eigenvalue weighted by molar-refractivity contribution is 9.10. The fourth-order valence-corrected chi connectivity index (χ4v) is 3.16. The predicted octanol–water partition coefficient (Wildman–Crippen LogP) is 3.04. The Balaban J connectivity index is 2.22. The largest absolute Gasteiger partial charge is 0.508 e. The first kappa shape index (κ1) is 13.1. The number of nitrogens with two attached hydrogens (primary N) is 1. The number of phenolic OH excluding ortho intramolecular Hbond substituents is 1. The van der Waals surface area contributed by atoms with Crippen LogP contribution in [-0.4, -0.2) is 9.32 Å². The Kier molecular flexibility index (Phi) is 4.04. The average molecular weight is 326 g/mol. The van der Waals surface area contributed by atoms with Crippen LogP contribution in [-0.2, 0) is 16.6 Å². The molecule has 0 radical (unpaired) electrons. The van der Waals surface area contributed by atoms with Gasteiger partial charge in [-0.1, -0.05) is 28.1 Å². The number of rotatable bonds is 3. The Labute approximate surface area is 116 Å². The summed E-state index contributed by atoms with van der Waals surface area (Å²) >= 11 is 3.31. The number of nitrogen functional groups attached to an aromatic ring is 1. The molecule has 0 aliphatic heterocycles. The molecular weight excluding hydrogens is 314 g/mol. The highest BCUT2D eigenvalue weighted by Gasteiger charge is 2.09. The van der Waals surface area contributed by atoms with E-state index in [1.54, 1.807) is 30.3 Å². The first-order valence-electron chi connectivity index (χ1n) is 5.27. The van der Waals surface area contributed by atoms with Crippen LogP contribution in [0.1, 0.15) is 5.56 Å². The van der Waals surface area contributed by atoms with Crippen LogP contribution in [0.5, 0.6) is 5.75 Å². The maximum Gasteiger partial charge on any atom is 0.115 e. The third kappa shape index (κ3) is 3.11. The molecule has 0 amide bonds. The lowest BCUT2D eigenvalue weighted by Gasteiger charge is -2.06. The Morgan fingerprint density at radius 1 is 1.22 bits per heavy atom. The van der Waals surface area contributed by atoms with Gasteiger partial charge in [-0.2, -0.15) is 0 Å². The number of anilines is 1. The average Bonchev–Trinajstić information content (AvgIpc) is 2.28. The van der Waals surface area contributed by atoms with E-state index in [9.17, 15) is 9.32 Å². The van der Waals surface area contributed by atoms with Gasteiger partial charge < -0.3 is 10.8 Å². The van der Waals surface area contributed by atoms with Crippen LogP contribution in [0.2, 0.25) is 0 Å². The molecule has 0 spiro atoms. The molecule has 18 heavy (non-hydrogen) atoms. The Morgan fingerprint density at radius 2 is 2.00 bits per heavy atom. The number of phenols is 1. The maximum absolute atomic E-state index is 12.2. The van der Waals surface area contributed by atoms with Crippen molar-refractivity contribution in [3.63, 3.8) is 0 Å². The molecule has 94 valence electrons. The molecule has 0 saturated heterocycles. The Hall–Kier alpha value is -1.33. The van der Waals surface area contributed by atoms with Crippen LogP contribution in [0.3, 0.4) is 0 Å². The summed E-state index contributed by atoms with van der Waals surface area (Å²) in [5.41, 5.74) is 7.15. The van der Waals surface area contributed by atoms with Gasteiger partial charge in [0.25, 0.3) is 0 Å². The number of aromatic hydroxyl groups is 1. The zero-order chi connectivity index (χ0) is 13.1. The van der Waals surface area contributed by atoms with Crippen LogP contribution >= 0.6 is 15.9 Å². The van der Waals surface area contributed by atoms with Crippen LogP contribution in [0.15, 0.2) is 51.8 Å². The molecule has 0 aliphatic carbocycles. The summed E-state index contributed by atoms with van der Waals surface area (Å²) in [6.07, 6.45) is 0. The Bertz CT molecular complexity index is 601. The number of hydrogen-bond acceptors (Lipinski definition) is 3. The summed E-state index contributed by atoms with van der Waals surface area (Å²) in [6, 6.07) is 12.0. The second kappa shape index (κ2) is 5.54. The van der Waals surface area contributed by atoms with Crippen LogP contribution in [0.4, 0.5) is 5.69 Å². The summed E-state index contributed by atoms with van der Waals surface area (Å²) in [4.78, 5) is 0.613. The molecule has 0 heterocycles. The number of hydrogen-bond donors (Lipinski definition) is 2. The molecular formula is C13H12BrNO2S. The molecule has 3 N–H and O–H groups in total. The SMILES string of the molecule is Nc1cc(Br)ccc1S(=O)Cc1cccc(O)c1. The van der Waals surface area contributed by atoms with Gasteiger partial charge in [0.2, 0.25) is 0 Å². The van der Waals surface area contributed by atoms with Gasteiger partial charge in [0.1, 0.15) is 5.75 Å². The minimum absolute atomic E-state index is 0.174. The van der Waals surface area contributed by atoms with Crippen LogP contribution in [0.25, 0.3) is 0 Å². The molecule has 0 aliphatic rings. The second-order valence-corrected chi connectivity index (χ2v) is 6.18. The summed E-state index contributed by atoms with van der Waals surface area (Å²) in [7, 11) is -1.22. The molecule has 2 rings (SSSR count). The van der Waals surface area contributed by atoms with Crippen LogP contribution < -0.4 is 5.73 Å². The maximum atomic E-state index is 12.2. The van der Waals surface area contributed by atoms with Gasteiger partial charge in [0.15, 0.2) is 0 Å². The quantitative estimate of drug-likeness (QED) is 0.852. The molecule has 0 saturated carbocycles. The molecule has 0 fully saturated rings. The van der Waals surface area contributed by atoms with Crippen molar-refractivity contribution >= 4 is 32.4 Å². The minimum atomic E-state index is -1.22. The lowest BCUT2D eigenvalue weighted by Crippen LogP contribution is -2.00. The molecule has 5 heteroatoms. The molecule has 2 aromatic rings. The van der Waals surface area contributed by atoms with Crippen molar-refractivity contribution in [2.24, 2.45) is 0 Å².